The molecule has 125 valence electrons. The van der Waals surface area contributed by atoms with Gasteiger partial charge in [0.25, 0.3) is 5.91 Å². The summed E-state index contributed by atoms with van der Waals surface area (Å²) < 4.78 is 5.05. The third-order valence-corrected chi connectivity index (χ3v) is 3.59. The highest BCUT2D eigenvalue weighted by atomic mass is 35.5. The van der Waals surface area contributed by atoms with Crippen LogP contribution in [0.4, 0.5) is 17.1 Å². The van der Waals surface area contributed by atoms with E-state index in [1.165, 1.54) is 6.26 Å². The maximum Gasteiger partial charge on any atom is 0.291 e. The average molecular weight is 371 g/mol. The Morgan fingerprint density at radius 2 is 1.68 bits per heavy atom. The van der Waals surface area contributed by atoms with E-state index in [-0.39, 0.29) is 11.7 Å². The molecule has 3 N–H and O–H groups in total. The molecule has 0 unspecified atom stereocenters. The number of thiocarbonyl (C=S) groups is 1. The van der Waals surface area contributed by atoms with Crippen molar-refractivity contribution in [2.24, 2.45) is 0 Å². The van der Waals surface area contributed by atoms with Gasteiger partial charge in [-0.3, -0.25) is 4.79 Å². The molecule has 0 bridgehead atoms. The van der Waals surface area contributed by atoms with Crippen LogP contribution in [0.25, 0.3) is 0 Å². The summed E-state index contributed by atoms with van der Waals surface area (Å²) in [6, 6.07) is 18.5. The van der Waals surface area contributed by atoms with Crippen LogP contribution in [0.3, 0.4) is 0 Å². The van der Waals surface area contributed by atoms with Gasteiger partial charge in [-0.1, -0.05) is 17.7 Å². The number of amides is 1. The van der Waals surface area contributed by atoms with Crippen LogP contribution in [0.5, 0.6) is 0 Å². The van der Waals surface area contributed by atoms with Crippen molar-refractivity contribution in [3.8, 4) is 0 Å². The molecule has 1 aromatic heterocycles. The number of nitrogens with one attached hydrogen (secondary N) is 3. The van der Waals surface area contributed by atoms with Crippen LogP contribution < -0.4 is 16.0 Å². The van der Waals surface area contributed by atoms with E-state index in [0.29, 0.717) is 15.8 Å². The van der Waals surface area contributed by atoms with Crippen LogP contribution in [-0.2, 0) is 0 Å². The molecule has 7 heteroatoms. The van der Waals surface area contributed by atoms with Gasteiger partial charge in [-0.25, -0.2) is 0 Å². The molecule has 0 aliphatic carbocycles. The van der Waals surface area contributed by atoms with E-state index in [2.05, 4.69) is 22.0 Å². The molecule has 0 saturated heterocycles. The summed E-state index contributed by atoms with van der Waals surface area (Å²) in [5.41, 5.74) is 2.20. The van der Waals surface area contributed by atoms with Crippen molar-refractivity contribution in [2.45, 2.75) is 0 Å². The Labute approximate surface area is 155 Å². The molecule has 0 aliphatic heterocycles. The highest BCUT2D eigenvalue weighted by molar-refractivity contribution is 7.80. The second kappa shape index (κ2) is 7.83. The second-order valence-electron chi connectivity index (χ2n) is 5.01. The summed E-state index contributed by atoms with van der Waals surface area (Å²) in [5, 5.41) is 9.76. The molecule has 5 nitrogen and oxygen atoms in total. The van der Waals surface area contributed by atoms with Gasteiger partial charge in [0.1, 0.15) is 0 Å². The summed E-state index contributed by atoms with van der Waals surface area (Å²) in [6.45, 7) is 0. The first-order valence-corrected chi connectivity index (χ1v) is 8.09. The predicted molar refractivity (Wildman–Crippen MR) is 103 cm³/mol. The SMILES string of the molecule is O=C(Nc1ccc(NC(=S)Nc2cc[c]c(Cl)c2)cc1)c1ccco1. The highest BCUT2D eigenvalue weighted by Crippen LogP contribution is 2.17. The molecule has 3 aromatic rings. The Hall–Kier alpha value is -2.83. The number of hydrogen-bond donors (Lipinski definition) is 3. The quantitative estimate of drug-likeness (QED) is 0.576. The molecule has 1 heterocycles. The zero-order valence-electron chi connectivity index (χ0n) is 12.9. The molecular formula is C18H13ClN3O2S. The molecule has 0 spiro atoms. The lowest BCUT2D eigenvalue weighted by molar-refractivity contribution is 0.0996. The minimum absolute atomic E-state index is 0.256. The normalized spacial score (nSPS) is 10.1. The smallest absolute Gasteiger partial charge is 0.291 e. The van der Waals surface area contributed by atoms with E-state index in [1.807, 2.05) is 6.07 Å². The monoisotopic (exact) mass is 370 g/mol. The van der Waals surface area contributed by atoms with E-state index in [9.17, 15) is 4.79 Å². The van der Waals surface area contributed by atoms with Gasteiger partial charge < -0.3 is 20.4 Å². The minimum Gasteiger partial charge on any atom is -0.459 e. The third-order valence-electron chi connectivity index (χ3n) is 3.17. The summed E-state index contributed by atoms with van der Waals surface area (Å²) in [7, 11) is 0. The van der Waals surface area contributed by atoms with E-state index < -0.39 is 0 Å². The zero-order valence-corrected chi connectivity index (χ0v) is 14.4. The van der Waals surface area contributed by atoms with Crippen molar-refractivity contribution in [1.29, 1.82) is 0 Å². The van der Waals surface area contributed by atoms with E-state index in [4.69, 9.17) is 28.2 Å². The van der Waals surface area contributed by atoms with Crippen LogP contribution in [0.2, 0.25) is 5.02 Å². The fraction of sp³-hybridized carbons (Fsp3) is 0. The number of rotatable bonds is 4. The summed E-state index contributed by atoms with van der Waals surface area (Å²) in [5.74, 6) is -0.0491. The molecule has 1 amide bonds. The van der Waals surface area contributed by atoms with Crippen molar-refractivity contribution < 1.29 is 9.21 Å². The third kappa shape index (κ3) is 4.82. The number of benzene rings is 2. The van der Waals surface area contributed by atoms with Crippen molar-refractivity contribution >= 4 is 51.9 Å². The Balaban J connectivity index is 1.57. The molecule has 1 radical (unpaired) electrons. The molecule has 0 fully saturated rings. The molecule has 0 aliphatic rings. The van der Waals surface area contributed by atoms with Gasteiger partial charge in [-0.05, 0) is 60.7 Å². The van der Waals surface area contributed by atoms with E-state index >= 15 is 0 Å². The van der Waals surface area contributed by atoms with Crippen LogP contribution in [0, 0.1) is 6.07 Å². The van der Waals surface area contributed by atoms with E-state index in [0.717, 1.165) is 11.4 Å². The topological polar surface area (TPSA) is 66.3 Å². The molecule has 25 heavy (non-hydrogen) atoms. The first-order valence-electron chi connectivity index (χ1n) is 7.30. The predicted octanol–water partition coefficient (Wildman–Crippen LogP) is 4.79. The first kappa shape index (κ1) is 17.0. The second-order valence-corrected chi connectivity index (χ2v) is 5.83. The van der Waals surface area contributed by atoms with Crippen molar-refractivity contribution in [3.05, 3.63) is 77.7 Å². The van der Waals surface area contributed by atoms with Gasteiger partial charge in [-0.2, -0.15) is 0 Å². The van der Waals surface area contributed by atoms with Crippen LogP contribution in [0.1, 0.15) is 10.6 Å². The Morgan fingerprint density at radius 1 is 1.00 bits per heavy atom. The van der Waals surface area contributed by atoms with Crippen LogP contribution >= 0.6 is 23.8 Å². The lowest BCUT2D eigenvalue weighted by Crippen LogP contribution is -2.19. The zero-order chi connectivity index (χ0) is 17.6. The van der Waals surface area contributed by atoms with Gasteiger partial charge in [-0.15, -0.1) is 0 Å². The fourth-order valence-corrected chi connectivity index (χ4v) is 2.46. The highest BCUT2D eigenvalue weighted by Gasteiger charge is 2.08. The molecule has 0 atom stereocenters. The standard InChI is InChI=1S/C18H13ClN3O2S/c19-12-3-1-4-15(11-12)22-18(25)21-14-8-6-13(7-9-14)20-17(23)16-5-2-10-24-16/h1-2,4-11H,(H,20,23)(H2,21,22,25). The van der Waals surface area contributed by atoms with Crippen LogP contribution in [0.15, 0.2) is 65.3 Å². The van der Waals surface area contributed by atoms with Crippen molar-refractivity contribution in [1.82, 2.24) is 0 Å². The van der Waals surface area contributed by atoms with Crippen LogP contribution in [-0.4, -0.2) is 11.0 Å². The van der Waals surface area contributed by atoms with Gasteiger partial charge >= 0.3 is 0 Å². The fourth-order valence-electron chi connectivity index (χ4n) is 2.05. The minimum atomic E-state index is -0.305. The lowest BCUT2D eigenvalue weighted by Gasteiger charge is -2.11. The van der Waals surface area contributed by atoms with E-state index in [1.54, 1.807) is 48.5 Å². The van der Waals surface area contributed by atoms with Crippen molar-refractivity contribution in [2.75, 3.05) is 16.0 Å². The molecular weight excluding hydrogens is 358 g/mol. The number of furan rings is 1. The Kier molecular flexibility index (Phi) is 5.33. The van der Waals surface area contributed by atoms with Gasteiger partial charge in [0.15, 0.2) is 10.9 Å². The molecule has 2 aromatic carbocycles. The molecule has 3 rings (SSSR count). The van der Waals surface area contributed by atoms with Gasteiger partial charge in [0, 0.05) is 23.1 Å². The molecule has 0 saturated carbocycles. The maximum atomic E-state index is 11.9. The Morgan fingerprint density at radius 3 is 2.32 bits per heavy atom. The van der Waals surface area contributed by atoms with Gasteiger partial charge in [0.2, 0.25) is 0 Å². The number of carbonyl (C=O) groups excluding carboxylic acids is 1. The van der Waals surface area contributed by atoms with Gasteiger partial charge in [0.05, 0.1) is 11.3 Å². The summed E-state index contributed by atoms with van der Waals surface area (Å²) in [6.07, 6.45) is 1.45. The largest absolute Gasteiger partial charge is 0.459 e. The van der Waals surface area contributed by atoms with Crippen molar-refractivity contribution in [3.63, 3.8) is 0 Å². The number of halogens is 1. The number of anilines is 3. The number of hydrogen-bond acceptors (Lipinski definition) is 3. The number of carbonyl (C=O) groups is 1. The first-order chi connectivity index (χ1) is 12.1. The average Bonchev–Trinajstić information content (AvgIpc) is 3.11. The maximum absolute atomic E-state index is 11.9. The summed E-state index contributed by atoms with van der Waals surface area (Å²) in [4.78, 5) is 11.9. The summed E-state index contributed by atoms with van der Waals surface area (Å²) >= 11 is 11.1. The lowest BCUT2D eigenvalue weighted by atomic mass is 10.2. The Bertz CT molecular complexity index is 880.